The molecule has 1 fully saturated rings. The highest BCUT2D eigenvalue weighted by Crippen LogP contribution is 2.32. The molecule has 1 amide bonds. The van der Waals surface area contributed by atoms with Crippen LogP contribution in [0, 0.1) is 0 Å². The third-order valence-electron chi connectivity index (χ3n) is 4.40. The Morgan fingerprint density at radius 2 is 2.00 bits per heavy atom. The molecule has 25 heavy (non-hydrogen) atoms. The number of nitrogens with zero attached hydrogens (tertiary/aromatic N) is 1. The molecule has 0 atom stereocenters. The van der Waals surface area contributed by atoms with Gasteiger partial charge >= 0.3 is 0 Å². The van der Waals surface area contributed by atoms with Crippen LogP contribution in [0.1, 0.15) is 29.6 Å². The second-order valence-corrected chi connectivity index (χ2v) is 7.28. The summed E-state index contributed by atoms with van der Waals surface area (Å²) in [7, 11) is 0. The van der Waals surface area contributed by atoms with Crippen molar-refractivity contribution in [1.29, 1.82) is 0 Å². The number of hydrogen-bond donors (Lipinski definition) is 2. The van der Waals surface area contributed by atoms with Gasteiger partial charge in [-0.1, -0.05) is 6.42 Å². The monoisotopic (exact) mass is 355 g/mol. The van der Waals surface area contributed by atoms with E-state index in [9.17, 15) is 4.79 Å². The van der Waals surface area contributed by atoms with Crippen LogP contribution in [-0.2, 0) is 0 Å². The van der Waals surface area contributed by atoms with E-state index < -0.39 is 0 Å². The van der Waals surface area contributed by atoms with E-state index in [0.717, 1.165) is 29.4 Å². The Labute approximate surface area is 151 Å². The van der Waals surface area contributed by atoms with Crippen LogP contribution in [-0.4, -0.2) is 24.9 Å². The van der Waals surface area contributed by atoms with Crippen molar-refractivity contribution in [1.82, 2.24) is 0 Å². The summed E-state index contributed by atoms with van der Waals surface area (Å²) in [5, 5.41) is 6.04. The predicted octanol–water partition coefficient (Wildman–Crippen LogP) is 4.34. The number of carbonyl (C=O) groups excluding carboxylic acids is 1. The standard InChI is InChI=1S/C19H21N3O2S/c23-19(21-15-6-9-17-18(12-15)24-13-20-17)14-4-7-16(8-5-14)22-10-2-1-3-11-25-22/h4-9,12,20H,1-3,10-11,13H2,(H,21,23). The molecule has 0 saturated carbocycles. The maximum Gasteiger partial charge on any atom is 0.255 e. The first-order valence-corrected chi connectivity index (χ1v) is 9.56. The van der Waals surface area contributed by atoms with E-state index in [1.807, 2.05) is 54.4 Å². The number of amides is 1. The Kier molecular flexibility index (Phi) is 4.70. The van der Waals surface area contributed by atoms with Gasteiger partial charge in [0.25, 0.3) is 5.91 Å². The van der Waals surface area contributed by atoms with Gasteiger partial charge in [-0.3, -0.25) is 4.79 Å². The van der Waals surface area contributed by atoms with Gasteiger partial charge in [0, 0.05) is 35.3 Å². The summed E-state index contributed by atoms with van der Waals surface area (Å²) in [4.78, 5) is 12.5. The van der Waals surface area contributed by atoms with E-state index in [4.69, 9.17) is 4.74 Å². The highest BCUT2D eigenvalue weighted by molar-refractivity contribution is 8.00. The molecule has 0 radical (unpaired) electrons. The second kappa shape index (κ2) is 7.27. The third kappa shape index (κ3) is 3.69. The maximum atomic E-state index is 12.5. The smallest absolute Gasteiger partial charge is 0.255 e. The SMILES string of the molecule is O=C(Nc1ccc2c(c1)OCN2)c1ccc(N2CCCCCS2)cc1. The molecule has 2 aliphatic rings. The van der Waals surface area contributed by atoms with Crippen molar-refractivity contribution in [2.75, 3.05) is 34.0 Å². The van der Waals surface area contributed by atoms with Crippen LogP contribution in [0.4, 0.5) is 17.1 Å². The normalized spacial score (nSPS) is 16.4. The Morgan fingerprint density at radius 1 is 1.12 bits per heavy atom. The molecule has 2 N–H and O–H groups in total. The average Bonchev–Trinajstić information content (AvgIpc) is 2.94. The van der Waals surface area contributed by atoms with E-state index in [2.05, 4.69) is 14.9 Å². The van der Waals surface area contributed by atoms with Gasteiger partial charge in [0.05, 0.1) is 5.69 Å². The van der Waals surface area contributed by atoms with Crippen LogP contribution in [0.25, 0.3) is 0 Å². The molecule has 0 aromatic heterocycles. The summed E-state index contributed by atoms with van der Waals surface area (Å²) in [6, 6.07) is 13.5. The number of nitrogens with one attached hydrogen (secondary N) is 2. The van der Waals surface area contributed by atoms with Gasteiger partial charge in [0.1, 0.15) is 5.75 Å². The van der Waals surface area contributed by atoms with Crippen LogP contribution >= 0.6 is 11.9 Å². The molecular weight excluding hydrogens is 334 g/mol. The van der Waals surface area contributed by atoms with Crippen molar-refractivity contribution in [2.24, 2.45) is 0 Å². The average molecular weight is 355 g/mol. The fraction of sp³-hybridized carbons (Fsp3) is 0.316. The predicted molar refractivity (Wildman–Crippen MR) is 104 cm³/mol. The summed E-state index contributed by atoms with van der Waals surface area (Å²) in [5.41, 5.74) is 3.51. The quantitative estimate of drug-likeness (QED) is 0.802. The highest BCUT2D eigenvalue weighted by atomic mass is 32.2. The minimum Gasteiger partial charge on any atom is -0.471 e. The van der Waals surface area contributed by atoms with Crippen molar-refractivity contribution in [3.63, 3.8) is 0 Å². The van der Waals surface area contributed by atoms with Crippen molar-refractivity contribution < 1.29 is 9.53 Å². The molecule has 4 rings (SSSR count). The summed E-state index contributed by atoms with van der Waals surface area (Å²) >= 11 is 1.88. The molecule has 2 aliphatic heterocycles. The molecule has 2 heterocycles. The lowest BCUT2D eigenvalue weighted by atomic mass is 10.1. The first-order chi connectivity index (χ1) is 12.3. The number of benzene rings is 2. The Balaban J connectivity index is 1.43. The highest BCUT2D eigenvalue weighted by Gasteiger charge is 2.14. The zero-order valence-corrected chi connectivity index (χ0v) is 14.8. The molecule has 130 valence electrons. The van der Waals surface area contributed by atoms with E-state index in [0.29, 0.717) is 12.3 Å². The molecule has 0 spiro atoms. The van der Waals surface area contributed by atoms with Crippen molar-refractivity contribution in [2.45, 2.75) is 19.3 Å². The minimum absolute atomic E-state index is 0.110. The summed E-state index contributed by atoms with van der Waals surface area (Å²) in [5.74, 6) is 1.82. The Bertz CT molecular complexity index is 756. The molecule has 2 aromatic rings. The first kappa shape index (κ1) is 16.1. The lowest BCUT2D eigenvalue weighted by molar-refractivity contribution is 0.102. The van der Waals surface area contributed by atoms with Crippen molar-refractivity contribution in [3.8, 4) is 5.75 Å². The van der Waals surface area contributed by atoms with E-state index in [1.165, 1.54) is 24.9 Å². The Morgan fingerprint density at radius 3 is 2.88 bits per heavy atom. The van der Waals surface area contributed by atoms with Crippen LogP contribution in [0.5, 0.6) is 5.75 Å². The lowest BCUT2D eigenvalue weighted by Crippen LogP contribution is -2.15. The van der Waals surface area contributed by atoms with E-state index >= 15 is 0 Å². The topological polar surface area (TPSA) is 53.6 Å². The molecule has 6 heteroatoms. The third-order valence-corrected chi connectivity index (χ3v) is 5.58. The molecule has 0 unspecified atom stereocenters. The largest absolute Gasteiger partial charge is 0.471 e. The van der Waals surface area contributed by atoms with Gasteiger partial charge in [0.2, 0.25) is 0 Å². The van der Waals surface area contributed by atoms with Gasteiger partial charge in [-0.05, 0) is 61.2 Å². The van der Waals surface area contributed by atoms with Gasteiger partial charge in [-0.15, -0.1) is 0 Å². The molecular formula is C19H21N3O2S. The molecule has 5 nitrogen and oxygen atoms in total. The fourth-order valence-electron chi connectivity index (χ4n) is 3.02. The van der Waals surface area contributed by atoms with Gasteiger partial charge < -0.3 is 19.7 Å². The van der Waals surface area contributed by atoms with Crippen LogP contribution < -0.4 is 19.7 Å². The Hall–Kier alpha value is -2.34. The number of ether oxygens (including phenoxy) is 1. The van der Waals surface area contributed by atoms with Crippen LogP contribution in [0.2, 0.25) is 0 Å². The number of fused-ring (bicyclic) bond motifs is 1. The van der Waals surface area contributed by atoms with Gasteiger partial charge in [0.15, 0.2) is 6.73 Å². The van der Waals surface area contributed by atoms with E-state index in [1.54, 1.807) is 0 Å². The van der Waals surface area contributed by atoms with Crippen molar-refractivity contribution >= 4 is 34.9 Å². The van der Waals surface area contributed by atoms with Crippen molar-refractivity contribution in [3.05, 3.63) is 48.0 Å². The van der Waals surface area contributed by atoms with Gasteiger partial charge in [-0.25, -0.2) is 0 Å². The molecule has 2 aromatic carbocycles. The summed E-state index contributed by atoms with van der Waals surface area (Å²) in [6.45, 7) is 1.54. The number of rotatable bonds is 3. The first-order valence-electron chi connectivity index (χ1n) is 8.62. The number of anilines is 3. The number of carbonyl (C=O) groups is 1. The zero-order valence-electron chi connectivity index (χ0n) is 14.0. The summed E-state index contributed by atoms with van der Waals surface area (Å²) in [6.07, 6.45) is 3.80. The summed E-state index contributed by atoms with van der Waals surface area (Å²) < 4.78 is 7.78. The fourth-order valence-corrected chi connectivity index (χ4v) is 4.10. The minimum atomic E-state index is -0.110. The molecule has 1 saturated heterocycles. The molecule has 0 bridgehead atoms. The maximum absolute atomic E-state index is 12.5. The van der Waals surface area contributed by atoms with E-state index in [-0.39, 0.29) is 5.91 Å². The number of hydrogen-bond acceptors (Lipinski definition) is 5. The van der Waals surface area contributed by atoms with Crippen LogP contribution in [0.3, 0.4) is 0 Å². The lowest BCUT2D eigenvalue weighted by Gasteiger charge is -2.21. The second-order valence-electron chi connectivity index (χ2n) is 6.17. The van der Waals surface area contributed by atoms with Gasteiger partial charge in [-0.2, -0.15) is 0 Å². The molecule has 0 aliphatic carbocycles. The zero-order chi connectivity index (χ0) is 17.1. The van der Waals surface area contributed by atoms with Crippen LogP contribution in [0.15, 0.2) is 42.5 Å².